The number of ketones is 1. The Bertz CT molecular complexity index is 323. The van der Waals surface area contributed by atoms with Crippen molar-refractivity contribution in [3.8, 4) is 0 Å². The molecule has 1 aliphatic carbocycles. The molecule has 0 unspecified atom stereocenters. The summed E-state index contributed by atoms with van der Waals surface area (Å²) < 4.78 is 0. The molecule has 16 heavy (non-hydrogen) atoms. The van der Waals surface area contributed by atoms with Gasteiger partial charge in [-0.3, -0.25) is 4.79 Å². The van der Waals surface area contributed by atoms with E-state index in [-0.39, 0.29) is 0 Å². The van der Waals surface area contributed by atoms with E-state index in [0.717, 1.165) is 25.7 Å². The van der Waals surface area contributed by atoms with Crippen molar-refractivity contribution in [3.63, 3.8) is 0 Å². The lowest BCUT2D eigenvalue weighted by molar-refractivity contribution is -0.123. The van der Waals surface area contributed by atoms with Gasteiger partial charge in [-0.1, -0.05) is 49.6 Å². The molecule has 1 heteroatoms. The Kier molecular flexibility index (Phi) is 4.15. The van der Waals surface area contributed by atoms with Crippen molar-refractivity contribution in [3.05, 3.63) is 35.9 Å². The van der Waals surface area contributed by atoms with Crippen molar-refractivity contribution in [2.24, 2.45) is 5.92 Å². The standard InChI is InChI=1S/C15H20O/c16-15(14-9-5-2-6-10-14)12-11-13-7-3-1-4-8-13/h1,3-4,7-8,14H,2,5-6,9-12H2. The molecular formula is C15H20O. The van der Waals surface area contributed by atoms with Gasteiger partial charge in [-0.25, -0.2) is 0 Å². The van der Waals surface area contributed by atoms with Crippen LogP contribution < -0.4 is 0 Å². The Morgan fingerprint density at radius 3 is 2.44 bits per heavy atom. The molecule has 1 nitrogen and oxygen atoms in total. The molecule has 0 amide bonds. The van der Waals surface area contributed by atoms with E-state index in [1.54, 1.807) is 0 Å². The Balaban J connectivity index is 1.79. The second-order valence-electron chi connectivity index (χ2n) is 4.79. The lowest BCUT2D eigenvalue weighted by Gasteiger charge is -2.20. The van der Waals surface area contributed by atoms with E-state index in [2.05, 4.69) is 12.1 Å². The van der Waals surface area contributed by atoms with Crippen LogP contribution in [0, 0.1) is 5.92 Å². The van der Waals surface area contributed by atoms with Gasteiger partial charge in [0.05, 0.1) is 0 Å². The number of hydrogen-bond donors (Lipinski definition) is 0. The lowest BCUT2D eigenvalue weighted by Crippen LogP contribution is -2.18. The first-order chi connectivity index (χ1) is 7.86. The maximum atomic E-state index is 12.0. The second-order valence-corrected chi connectivity index (χ2v) is 4.79. The quantitative estimate of drug-likeness (QED) is 0.748. The van der Waals surface area contributed by atoms with Crippen LogP contribution in [0.5, 0.6) is 0 Å². The van der Waals surface area contributed by atoms with Gasteiger partial charge in [-0.05, 0) is 24.8 Å². The zero-order valence-electron chi connectivity index (χ0n) is 9.82. The minimum atomic E-state index is 0.373. The van der Waals surface area contributed by atoms with Crippen molar-refractivity contribution in [1.82, 2.24) is 0 Å². The largest absolute Gasteiger partial charge is 0.299 e. The van der Waals surface area contributed by atoms with Gasteiger partial charge >= 0.3 is 0 Å². The van der Waals surface area contributed by atoms with E-state index in [4.69, 9.17) is 0 Å². The van der Waals surface area contributed by atoms with Crippen LogP contribution in [0.3, 0.4) is 0 Å². The highest BCUT2D eigenvalue weighted by atomic mass is 16.1. The molecule has 0 saturated heterocycles. The Morgan fingerprint density at radius 2 is 1.75 bits per heavy atom. The molecule has 0 radical (unpaired) electrons. The highest BCUT2D eigenvalue weighted by Gasteiger charge is 2.20. The summed E-state index contributed by atoms with van der Waals surface area (Å²) in [6.45, 7) is 0. The molecule has 2 rings (SSSR count). The molecule has 86 valence electrons. The van der Waals surface area contributed by atoms with Crippen molar-refractivity contribution in [2.45, 2.75) is 44.9 Å². The van der Waals surface area contributed by atoms with Gasteiger partial charge < -0.3 is 0 Å². The van der Waals surface area contributed by atoms with E-state index in [0.29, 0.717) is 11.7 Å². The van der Waals surface area contributed by atoms with E-state index >= 15 is 0 Å². The summed E-state index contributed by atoms with van der Waals surface area (Å²) in [6, 6.07) is 10.3. The van der Waals surface area contributed by atoms with Crippen LogP contribution in [0.25, 0.3) is 0 Å². The summed E-state index contributed by atoms with van der Waals surface area (Å²) in [5.41, 5.74) is 1.28. The van der Waals surface area contributed by atoms with Crippen molar-refractivity contribution >= 4 is 5.78 Å². The molecule has 0 spiro atoms. The van der Waals surface area contributed by atoms with Gasteiger partial charge in [-0.2, -0.15) is 0 Å². The average molecular weight is 216 g/mol. The number of rotatable bonds is 4. The van der Waals surface area contributed by atoms with Gasteiger partial charge in [0.2, 0.25) is 0 Å². The number of Topliss-reactive ketones (excluding diaryl/α,β-unsaturated/α-hetero) is 1. The summed E-state index contributed by atoms with van der Waals surface area (Å²) in [6.07, 6.45) is 7.73. The van der Waals surface area contributed by atoms with Crippen LogP contribution in [0.1, 0.15) is 44.1 Å². The summed E-state index contributed by atoms with van der Waals surface area (Å²) in [5.74, 6) is 0.862. The zero-order valence-corrected chi connectivity index (χ0v) is 9.82. The molecule has 0 atom stereocenters. The maximum absolute atomic E-state index is 12.0. The van der Waals surface area contributed by atoms with Crippen LogP contribution in [-0.2, 0) is 11.2 Å². The second kappa shape index (κ2) is 5.83. The molecule has 0 aromatic heterocycles. The third kappa shape index (κ3) is 3.19. The molecule has 0 N–H and O–H groups in total. The number of carbonyl (C=O) groups excluding carboxylic acids is 1. The number of aryl methyl sites for hydroxylation is 1. The van der Waals surface area contributed by atoms with Gasteiger partial charge in [0.15, 0.2) is 0 Å². The van der Waals surface area contributed by atoms with E-state index < -0.39 is 0 Å². The monoisotopic (exact) mass is 216 g/mol. The first-order valence-corrected chi connectivity index (χ1v) is 6.43. The van der Waals surface area contributed by atoms with Gasteiger partial charge in [0, 0.05) is 12.3 Å². The normalized spacial score (nSPS) is 17.2. The summed E-state index contributed by atoms with van der Waals surface area (Å²) in [7, 11) is 0. The maximum Gasteiger partial charge on any atom is 0.136 e. The fourth-order valence-corrected chi connectivity index (χ4v) is 2.54. The molecule has 1 aromatic carbocycles. The highest BCUT2D eigenvalue weighted by Crippen LogP contribution is 2.25. The fraction of sp³-hybridized carbons (Fsp3) is 0.533. The van der Waals surface area contributed by atoms with E-state index in [1.807, 2.05) is 18.2 Å². The van der Waals surface area contributed by atoms with Crippen LogP contribution in [-0.4, -0.2) is 5.78 Å². The van der Waals surface area contributed by atoms with Gasteiger partial charge in [-0.15, -0.1) is 0 Å². The third-order valence-electron chi connectivity index (χ3n) is 3.56. The smallest absolute Gasteiger partial charge is 0.136 e. The molecule has 0 aliphatic heterocycles. The predicted molar refractivity (Wildman–Crippen MR) is 66.3 cm³/mol. The van der Waals surface area contributed by atoms with Crippen molar-refractivity contribution < 1.29 is 4.79 Å². The first kappa shape index (κ1) is 11.4. The minimum Gasteiger partial charge on any atom is -0.299 e. The molecule has 1 saturated carbocycles. The number of carbonyl (C=O) groups is 1. The summed E-state index contributed by atoms with van der Waals surface area (Å²) in [5, 5.41) is 0. The Morgan fingerprint density at radius 1 is 1.06 bits per heavy atom. The first-order valence-electron chi connectivity index (χ1n) is 6.43. The van der Waals surface area contributed by atoms with Crippen LogP contribution in [0.4, 0.5) is 0 Å². The van der Waals surface area contributed by atoms with Crippen LogP contribution in [0.2, 0.25) is 0 Å². The molecule has 1 fully saturated rings. The molecular weight excluding hydrogens is 196 g/mol. The molecule has 1 aromatic rings. The lowest BCUT2D eigenvalue weighted by atomic mass is 9.84. The van der Waals surface area contributed by atoms with Gasteiger partial charge in [0.25, 0.3) is 0 Å². The van der Waals surface area contributed by atoms with Gasteiger partial charge in [0.1, 0.15) is 5.78 Å². The fourth-order valence-electron chi connectivity index (χ4n) is 2.54. The molecule has 0 bridgehead atoms. The third-order valence-corrected chi connectivity index (χ3v) is 3.56. The Hall–Kier alpha value is -1.11. The van der Waals surface area contributed by atoms with Crippen LogP contribution >= 0.6 is 0 Å². The van der Waals surface area contributed by atoms with Crippen molar-refractivity contribution in [2.75, 3.05) is 0 Å². The SMILES string of the molecule is O=C(CCc1ccccc1)C1CCCCC1. The molecule has 0 heterocycles. The predicted octanol–water partition coefficient (Wildman–Crippen LogP) is 3.77. The topological polar surface area (TPSA) is 17.1 Å². The minimum absolute atomic E-state index is 0.373. The van der Waals surface area contributed by atoms with Crippen LogP contribution in [0.15, 0.2) is 30.3 Å². The average Bonchev–Trinajstić information content (AvgIpc) is 2.38. The zero-order chi connectivity index (χ0) is 11.2. The van der Waals surface area contributed by atoms with Crippen molar-refractivity contribution in [1.29, 1.82) is 0 Å². The Labute approximate surface area is 97.9 Å². The number of hydrogen-bond acceptors (Lipinski definition) is 1. The van der Waals surface area contributed by atoms with E-state index in [9.17, 15) is 4.79 Å². The number of benzene rings is 1. The summed E-state index contributed by atoms with van der Waals surface area (Å²) in [4.78, 5) is 12.0. The highest BCUT2D eigenvalue weighted by molar-refractivity contribution is 5.81. The van der Waals surface area contributed by atoms with E-state index in [1.165, 1.54) is 24.8 Å². The summed E-state index contributed by atoms with van der Waals surface area (Å²) >= 11 is 0. The molecule has 1 aliphatic rings.